The van der Waals surface area contributed by atoms with E-state index in [9.17, 15) is 5.26 Å². The molecule has 0 aromatic carbocycles. The smallest absolute Gasteiger partial charge is 0.228 e. The highest BCUT2D eigenvalue weighted by Crippen LogP contribution is 2.35. The molecule has 0 unspecified atom stereocenters. The first-order valence-corrected chi connectivity index (χ1v) is 11.4. The Morgan fingerprint density at radius 2 is 2.18 bits per heavy atom. The molecular formula is C23H25N9S. The van der Waals surface area contributed by atoms with Gasteiger partial charge >= 0.3 is 0 Å². The molecule has 3 aromatic rings. The largest absolute Gasteiger partial charge is 0.378 e. The van der Waals surface area contributed by atoms with Gasteiger partial charge in [0.2, 0.25) is 5.95 Å². The molecule has 1 aliphatic heterocycles. The van der Waals surface area contributed by atoms with Crippen LogP contribution >= 0.6 is 11.3 Å². The van der Waals surface area contributed by atoms with Gasteiger partial charge in [-0.25, -0.2) is 9.97 Å². The number of rotatable bonds is 9. The molecule has 168 valence electrons. The van der Waals surface area contributed by atoms with Crippen LogP contribution in [-0.2, 0) is 5.54 Å². The highest BCUT2D eigenvalue weighted by atomic mass is 32.1. The SMILES string of the molecule is C=C/C(=C\N(C)CCC#N)Nc1nc(-c2cnn(C3(CC#N)CN(C)C3)c2)c2sccc2n1. The van der Waals surface area contributed by atoms with Crippen LogP contribution in [0.2, 0.25) is 0 Å². The molecule has 10 heteroatoms. The van der Waals surface area contributed by atoms with Gasteiger partial charge in [0.1, 0.15) is 5.54 Å². The predicted molar refractivity (Wildman–Crippen MR) is 129 cm³/mol. The van der Waals surface area contributed by atoms with Gasteiger partial charge in [-0.05, 0) is 24.6 Å². The third-order valence-corrected chi connectivity index (χ3v) is 6.50. The molecule has 1 fully saturated rings. The van der Waals surface area contributed by atoms with Crippen LogP contribution in [0.3, 0.4) is 0 Å². The molecule has 0 saturated carbocycles. The van der Waals surface area contributed by atoms with Crippen molar-refractivity contribution in [3.63, 3.8) is 0 Å². The van der Waals surface area contributed by atoms with Crippen molar-refractivity contribution in [2.45, 2.75) is 18.4 Å². The number of allylic oxidation sites excluding steroid dienone is 1. The summed E-state index contributed by atoms with van der Waals surface area (Å²) in [5.74, 6) is 0.457. The summed E-state index contributed by atoms with van der Waals surface area (Å²) in [4.78, 5) is 13.6. The Morgan fingerprint density at radius 3 is 2.88 bits per heavy atom. The third kappa shape index (κ3) is 4.58. The lowest BCUT2D eigenvalue weighted by Gasteiger charge is -2.47. The van der Waals surface area contributed by atoms with E-state index in [-0.39, 0.29) is 5.54 Å². The average Bonchev–Trinajstić information content (AvgIpc) is 3.45. The van der Waals surface area contributed by atoms with Crippen molar-refractivity contribution < 1.29 is 0 Å². The van der Waals surface area contributed by atoms with E-state index in [2.05, 4.69) is 39.0 Å². The lowest BCUT2D eigenvalue weighted by Crippen LogP contribution is -2.61. The molecular weight excluding hydrogens is 434 g/mol. The van der Waals surface area contributed by atoms with Crippen LogP contribution < -0.4 is 5.32 Å². The van der Waals surface area contributed by atoms with Crippen molar-refractivity contribution in [3.8, 4) is 23.4 Å². The molecule has 1 aliphatic rings. The van der Waals surface area contributed by atoms with E-state index in [1.807, 2.05) is 53.7 Å². The van der Waals surface area contributed by atoms with Crippen molar-refractivity contribution in [3.05, 3.63) is 48.4 Å². The van der Waals surface area contributed by atoms with Gasteiger partial charge in [-0.3, -0.25) is 4.68 Å². The minimum atomic E-state index is -0.294. The maximum Gasteiger partial charge on any atom is 0.228 e. The second-order valence-corrected chi connectivity index (χ2v) is 9.15. The Morgan fingerprint density at radius 1 is 1.36 bits per heavy atom. The standard InChI is InChI=1S/C23H25N9S/c1-4-18(14-30(2)10-5-8-24)27-22-28-19-6-11-33-21(19)20(29-22)17-12-26-32(13-17)23(7-9-25)15-31(3)16-23/h4,6,11-14H,1,5,7,10,15-16H2,2-3H3,(H,27,28,29)/b18-14+. The Bertz CT molecular complexity index is 1270. The molecule has 0 amide bonds. The van der Waals surface area contributed by atoms with Gasteiger partial charge in [-0.2, -0.15) is 15.6 Å². The van der Waals surface area contributed by atoms with Crippen molar-refractivity contribution in [2.24, 2.45) is 0 Å². The van der Waals surface area contributed by atoms with Gasteiger partial charge in [-0.15, -0.1) is 11.3 Å². The van der Waals surface area contributed by atoms with E-state index in [4.69, 9.17) is 10.2 Å². The van der Waals surface area contributed by atoms with Crippen LogP contribution in [0.1, 0.15) is 12.8 Å². The van der Waals surface area contributed by atoms with E-state index >= 15 is 0 Å². The number of likely N-dealkylation sites (tertiary alicyclic amines) is 1. The first-order chi connectivity index (χ1) is 16.0. The third-order valence-electron chi connectivity index (χ3n) is 5.59. The normalized spacial score (nSPS) is 15.5. The molecule has 0 radical (unpaired) electrons. The number of likely N-dealkylation sites (N-methyl/N-ethyl adjacent to an activating group) is 1. The molecule has 4 heterocycles. The lowest BCUT2D eigenvalue weighted by molar-refractivity contribution is 0.0265. The Balaban J connectivity index is 1.66. The number of thiophene rings is 1. The lowest BCUT2D eigenvalue weighted by atomic mass is 9.87. The number of fused-ring (bicyclic) bond motifs is 1. The fraction of sp³-hybridized carbons (Fsp3) is 0.348. The second-order valence-electron chi connectivity index (χ2n) is 8.24. The minimum absolute atomic E-state index is 0.294. The second kappa shape index (κ2) is 9.41. The van der Waals surface area contributed by atoms with E-state index in [0.29, 0.717) is 25.3 Å². The molecule has 1 saturated heterocycles. The molecule has 1 N–H and O–H groups in total. The summed E-state index contributed by atoms with van der Waals surface area (Å²) in [6.07, 6.45) is 8.21. The van der Waals surface area contributed by atoms with E-state index in [0.717, 1.165) is 40.3 Å². The van der Waals surface area contributed by atoms with Crippen LogP contribution in [0.4, 0.5) is 5.95 Å². The summed E-state index contributed by atoms with van der Waals surface area (Å²) in [5, 5.41) is 28.0. The fourth-order valence-corrected chi connectivity index (χ4v) is 4.90. The Kier molecular flexibility index (Phi) is 6.40. The summed E-state index contributed by atoms with van der Waals surface area (Å²) in [7, 11) is 3.94. The Hall–Kier alpha value is -3.73. The van der Waals surface area contributed by atoms with Crippen LogP contribution in [0.5, 0.6) is 0 Å². The van der Waals surface area contributed by atoms with Crippen molar-refractivity contribution in [2.75, 3.05) is 39.0 Å². The zero-order valence-corrected chi connectivity index (χ0v) is 19.5. The van der Waals surface area contributed by atoms with Crippen LogP contribution in [0, 0.1) is 22.7 Å². The van der Waals surface area contributed by atoms with Gasteiger partial charge in [0, 0.05) is 44.6 Å². The van der Waals surface area contributed by atoms with Crippen LogP contribution in [0.25, 0.3) is 21.5 Å². The number of nitrogens with one attached hydrogen (secondary N) is 1. The number of anilines is 1. The monoisotopic (exact) mass is 459 g/mol. The summed E-state index contributed by atoms with van der Waals surface area (Å²) in [5.41, 5.74) is 2.96. The number of aromatic nitrogens is 4. The summed E-state index contributed by atoms with van der Waals surface area (Å²) in [6.45, 7) is 6.07. The van der Waals surface area contributed by atoms with Gasteiger partial charge < -0.3 is 15.1 Å². The minimum Gasteiger partial charge on any atom is -0.378 e. The summed E-state index contributed by atoms with van der Waals surface area (Å²) < 4.78 is 2.90. The molecule has 0 atom stereocenters. The maximum absolute atomic E-state index is 9.34. The fourth-order valence-electron chi connectivity index (χ4n) is 4.06. The van der Waals surface area contributed by atoms with Gasteiger partial charge in [0.15, 0.2) is 0 Å². The van der Waals surface area contributed by atoms with Gasteiger partial charge in [0.05, 0.1) is 52.8 Å². The average molecular weight is 460 g/mol. The van der Waals surface area contributed by atoms with Crippen LogP contribution in [-0.4, -0.2) is 63.3 Å². The Labute approximate surface area is 196 Å². The summed E-state index contributed by atoms with van der Waals surface area (Å²) in [6, 6.07) is 6.42. The van der Waals surface area contributed by atoms with Gasteiger partial charge in [0.25, 0.3) is 0 Å². The quantitative estimate of drug-likeness (QED) is 0.485. The van der Waals surface area contributed by atoms with E-state index < -0.39 is 0 Å². The topological polar surface area (TPSA) is 110 Å². The zero-order valence-electron chi connectivity index (χ0n) is 18.7. The number of nitrogens with zero attached hydrogens (tertiary/aromatic N) is 8. The van der Waals surface area contributed by atoms with Crippen molar-refractivity contribution >= 4 is 27.5 Å². The molecule has 4 rings (SSSR count). The summed E-state index contributed by atoms with van der Waals surface area (Å²) >= 11 is 1.58. The first kappa shape index (κ1) is 22.5. The predicted octanol–water partition coefficient (Wildman–Crippen LogP) is 3.39. The molecule has 0 aliphatic carbocycles. The number of hydrogen-bond donors (Lipinski definition) is 1. The van der Waals surface area contributed by atoms with Crippen LogP contribution in [0.15, 0.2) is 48.4 Å². The highest BCUT2D eigenvalue weighted by Gasteiger charge is 2.43. The van der Waals surface area contributed by atoms with Crippen molar-refractivity contribution in [1.82, 2.24) is 29.5 Å². The maximum atomic E-state index is 9.34. The van der Waals surface area contributed by atoms with Crippen molar-refractivity contribution in [1.29, 1.82) is 10.5 Å². The van der Waals surface area contributed by atoms with Gasteiger partial charge in [-0.1, -0.05) is 6.58 Å². The highest BCUT2D eigenvalue weighted by molar-refractivity contribution is 7.17. The molecule has 0 spiro atoms. The van der Waals surface area contributed by atoms with E-state index in [1.54, 1.807) is 17.4 Å². The number of hydrogen-bond acceptors (Lipinski definition) is 9. The first-order valence-electron chi connectivity index (χ1n) is 10.5. The molecule has 9 nitrogen and oxygen atoms in total. The molecule has 3 aromatic heterocycles. The molecule has 33 heavy (non-hydrogen) atoms. The molecule has 0 bridgehead atoms. The zero-order chi connectivity index (χ0) is 23.4. The number of nitriles is 2. The van der Waals surface area contributed by atoms with E-state index in [1.165, 1.54) is 0 Å².